The number of amides is 2. The summed E-state index contributed by atoms with van der Waals surface area (Å²) in [7, 11) is 0. The Bertz CT molecular complexity index is 871. The van der Waals surface area contributed by atoms with Gasteiger partial charge >= 0.3 is 0 Å². The Morgan fingerprint density at radius 3 is 2.93 bits per heavy atom. The number of carbonyl (C=O) groups excluding carboxylic acids is 2. The maximum Gasteiger partial charge on any atom is 0.245 e. The van der Waals surface area contributed by atoms with Crippen LogP contribution in [0.4, 0.5) is 0 Å². The van der Waals surface area contributed by atoms with Gasteiger partial charge in [0, 0.05) is 37.8 Å². The molecule has 2 saturated heterocycles. The fraction of sp³-hybridized carbons (Fsp3) is 0.476. The Morgan fingerprint density at radius 1 is 1.18 bits per heavy atom. The average molecular weight is 381 g/mol. The standard InChI is InChI=1S/C21H27N5O2/c22-8-2-1-5-18-21(28)26-11-10-25(14-19(26)20(27)24-18)13-15-6-7-17-16(12-15)4-3-9-23-17/h3-4,6-7,9,12,18-19H,1-2,5,8,10-11,13-14,22H2,(H,24,27)/t18-,19+/m0/s1. The Balaban J connectivity index is 1.40. The molecule has 3 heterocycles. The van der Waals surface area contributed by atoms with Gasteiger partial charge in [0.15, 0.2) is 0 Å². The second kappa shape index (κ2) is 8.24. The molecule has 0 unspecified atom stereocenters. The molecule has 2 aliphatic heterocycles. The molecule has 3 N–H and O–H groups in total. The molecule has 1 aromatic heterocycles. The molecule has 0 bridgehead atoms. The van der Waals surface area contributed by atoms with Gasteiger partial charge in [0.05, 0.1) is 5.52 Å². The Morgan fingerprint density at radius 2 is 2.07 bits per heavy atom. The largest absolute Gasteiger partial charge is 0.342 e. The van der Waals surface area contributed by atoms with Crippen LogP contribution in [0.25, 0.3) is 10.9 Å². The molecule has 4 rings (SSSR count). The van der Waals surface area contributed by atoms with Crippen molar-refractivity contribution in [3.8, 4) is 0 Å². The maximum atomic E-state index is 12.8. The zero-order valence-corrected chi connectivity index (χ0v) is 16.0. The highest BCUT2D eigenvalue weighted by atomic mass is 16.2. The average Bonchev–Trinajstić information content (AvgIpc) is 2.72. The molecule has 7 nitrogen and oxygen atoms in total. The molecule has 2 fully saturated rings. The lowest BCUT2D eigenvalue weighted by Gasteiger charge is -2.45. The van der Waals surface area contributed by atoms with E-state index in [2.05, 4.69) is 33.4 Å². The highest BCUT2D eigenvalue weighted by Gasteiger charge is 2.42. The van der Waals surface area contributed by atoms with Crippen LogP contribution in [0.2, 0.25) is 0 Å². The van der Waals surface area contributed by atoms with E-state index in [1.165, 1.54) is 5.56 Å². The SMILES string of the molecule is NCCCC[C@@H]1NC(=O)[C@H]2CN(Cc3ccc4ncccc4c3)CCN2C1=O. The molecule has 2 aliphatic rings. The van der Waals surface area contributed by atoms with Crippen LogP contribution < -0.4 is 11.1 Å². The first-order valence-electron chi connectivity index (χ1n) is 10.0. The van der Waals surface area contributed by atoms with E-state index in [0.29, 0.717) is 26.1 Å². The van der Waals surface area contributed by atoms with Crippen molar-refractivity contribution in [1.29, 1.82) is 0 Å². The molecule has 28 heavy (non-hydrogen) atoms. The molecule has 2 atom stereocenters. The summed E-state index contributed by atoms with van der Waals surface area (Å²) in [5, 5.41) is 4.04. The monoisotopic (exact) mass is 381 g/mol. The molecule has 2 aromatic rings. The number of hydrogen-bond donors (Lipinski definition) is 2. The molecule has 7 heteroatoms. The zero-order valence-electron chi connectivity index (χ0n) is 16.0. The normalized spacial score (nSPS) is 23.0. The van der Waals surface area contributed by atoms with E-state index in [-0.39, 0.29) is 11.8 Å². The highest BCUT2D eigenvalue weighted by molar-refractivity contribution is 5.97. The molecular formula is C21H27N5O2. The van der Waals surface area contributed by atoms with Crippen molar-refractivity contribution in [3.63, 3.8) is 0 Å². The summed E-state index contributed by atoms with van der Waals surface area (Å²) in [6, 6.07) is 9.47. The smallest absolute Gasteiger partial charge is 0.245 e. The number of hydrogen-bond acceptors (Lipinski definition) is 5. The lowest BCUT2D eigenvalue weighted by molar-refractivity contribution is -0.153. The number of carbonyl (C=O) groups is 2. The first kappa shape index (κ1) is 18.8. The topological polar surface area (TPSA) is 91.6 Å². The minimum Gasteiger partial charge on any atom is -0.342 e. The van der Waals surface area contributed by atoms with E-state index in [9.17, 15) is 9.59 Å². The Labute approximate surface area is 164 Å². The Hall–Kier alpha value is -2.51. The molecule has 0 spiro atoms. The van der Waals surface area contributed by atoms with Crippen molar-refractivity contribution < 1.29 is 9.59 Å². The Kier molecular flexibility index (Phi) is 5.54. The van der Waals surface area contributed by atoms with Gasteiger partial charge in [-0.25, -0.2) is 0 Å². The number of fused-ring (bicyclic) bond motifs is 2. The van der Waals surface area contributed by atoms with E-state index < -0.39 is 12.1 Å². The van der Waals surface area contributed by atoms with Gasteiger partial charge in [-0.05, 0) is 49.6 Å². The lowest BCUT2D eigenvalue weighted by atomic mass is 10.00. The highest BCUT2D eigenvalue weighted by Crippen LogP contribution is 2.21. The summed E-state index contributed by atoms with van der Waals surface area (Å²) in [6.45, 7) is 3.31. The molecular weight excluding hydrogens is 354 g/mol. The van der Waals surface area contributed by atoms with Crippen molar-refractivity contribution in [3.05, 3.63) is 42.1 Å². The van der Waals surface area contributed by atoms with Crippen LogP contribution in [-0.2, 0) is 16.1 Å². The van der Waals surface area contributed by atoms with Crippen LogP contribution in [0.5, 0.6) is 0 Å². The van der Waals surface area contributed by atoms with Gasteiger partial charge < -0.3 is 16.0 Å². The van der Waals surface area contributed by atoms with E-state index in [0.717, 1.165) is 36.8 Å². The predicted octanol–water partition coefficient (Wildman–Crippen LogP) is 0.875. The molecule has 1 aromatic carbocycles. The van der Waals surface area contributed by atoms with Gasteiger partial charge in [-0.3, -0.25) is 19.5 Å². The number of piperazine rings is 2. The molecule has 148 valence electrons. The van der Waals surface area contributed by atoms with Gasteiger partial charge in [0.2, 0.25) is 11.8 Å². The second-order valence-corrected chi connectivity index (χ2v) is 7.66. The number of rotatable bonds is 6. The van der Waals surface area contributed by atoms with Gasteiger partial charge in [0.25, 0.3) is 0 Å². The van der Waals surface area contributed by atoms with Crippen LogP contribution in [0.15, 0.2) is 36.5 Å². The molecule has 2 amide bonds. The predicted molar refractivity (Wildman–Crippen MR) is 107 cm³/mol. The van der Waals surface area contributed by atoms with E-state index >= 15 is 0 Å². The summed E-state index contributed by atoms with van der Waals surface area (Å²) in [5.41, 5.74) is 7.70. The second-order valence-electron chi connectivity index (χ2n) is 7.66. The van der Waals surface area contributed by atoms with Gasteiger partial charge in [0.1, 0.15) is 12.1 Å². The van der Waals surface area contributed by atoms with Crippen LogP contribution in [0.1, 0.15) is 24.8 Å². The van der Waals surface area contributed by atoms with Crippen molar-refractivity contribution in [2.45, 2.75) is 37.9 Å². The summed E-state index contributed by atoms with van der Waals surface area (Å²) in [4.78, 5) is 33.8. The van der Waals surface area contributed by atoms with Gasteiger partial charge in [-0.2, -0.15) is 0 Å². The minimum atomic E-state index is -0.394. The zero-order chi connectivity index (χ0) is 19.5. The third-order valence-corrected chi connectivity index (χ3v) is 5.69. The third kappa shape index (κ3) is 3.86. The number of nitrogens with two attached hydrogens (primary N) is 1. The number of unbranched alkanes of at least 4 members (excludes halogenated alkanes) is 1. The molecule has 0 radical (unpaired) electrons. The minimum absolute atomic E-state index is 0.0373. The van der Waals surface area contributed by atoms with Gasteiger partial charge in [-0.15, -0.1) is 0 Å². The quantitative estimate of drug-likeness (QED) is 0.725. The summed E-state index contributed by atoms with van der Waals surface area (Å²) >= 11 is 0. The number of pyridine rings is 1. The lowest BCUT2D eigenvalue weighted by Crippen LogP contribution is -2.69. The number of aromatic nitrogens is 1. The fourth-order valence-electron chi connectivity index (χ4n) is 4.17. The number of nitrogens with zero attached hydrogens (tertiary/aromatic N) is 3. The first-order valence-corrected chi connectivity index (χ1v) is 10.0. The van der Waals surface area contributed by atoms with Crippen LogP contribution in [0.3, 0.4) is 0 Å². The fourth-order valence-corrected chi connectivity index (χ4v) is 4.17. The van der Waals surface area contributed by atoms with E-state index in [1.807, 2.05) is 12.1 Å². The maximum absolute atomic E-state index is 12.8. The van der Waals surface area contributed by atoms with E-state index in [1.54, 1.807) is 11.1 Å². The van der Waals surface area contributed by atoms with Crippen LogP contribution in [0, 0.1) is 0 Å². The third-order valence-electron chi connectivity index (χ3n) is 5.69. The van der Waals surface area contributed by atoms with Crippen molar-refractivity contribution in [1.82, 2.24) is 20.1 Å². The van der Waals surface area contributed by atoms with E-state index in [4.69, 9.17) is 5.73 Å². The summed E-state index contributed by atoms with van der Waals surface area (Å²) < 4.78 is 0. The van der Waals surface area contributed by atoms with Gasteiger partial charge in [-0.1, -0.05) is 12.1 Å². The number of nitrogens with one attached hydrogen (secondary N) is 1. The van der Waals surface area contributed by atoms with Crippen molar-refractivity contribution >= 4 is 22.7 Å². The first-order chi connectivity index (χ1) is 13.7. The van der Waals surface area contributed by atoms with Crippen LogP contribution in [-0.4, -0.2) is 64.9 Å². The number of benzene rings is 1. The van der Waals surface area contributed by atoms with Crippen LogP contribution >= 0.6 is 0 Å². The van der Waals surface area contributed by atoms with Crippen molar-refractivity contribution in [2.75, 3.05) is 26.2 Å². The summed E-state index contributed by atoms with van der Waals surface area (Å²) in [6.07, 6.45) is 4.19. The molecule has 0 saturated carbocycles. The molecule has 0 aliphatic carbocycles. The summed E-state index contributed by atoms with van der Waals surface area (Å²) in [5.74, 6) is 0.0165. The van der Waals surface area contributed by atoms with Crippen molar-refractivity contribution in [2.24, 2.45) is 5.73 Å².